The minimum atomic E-state index is -0.271. The second kappa shape index (κ2) is 10.5. The van der Waals surface area contributed by atoms with Crippen LogP contribution in [0.2, 0.25) is 0 Å². The number of aliphatic hydroxyl groups excluding tert-OH is 1. The fourth-order valence-electron chi connectivity index (χ4n) is 3.16. The van der Waals surface area contributed by atoms with Crippen molar-refractivity contribution in [3.8, 4) is 0 Å². The molecular weight excluding hydrogens is 327 g/mol. The first kappa shape index (κ1) is 20.7. The summed E-state index contributed by atoms with van der Waals surface area (Å²) in [5.41, 5.74) is 2.31. The summed E-state index contributed by atoms with van der Waals surface area (Å²) in [4.78, 5) is 2.36. The number of benzene rings is 1. The molecule has 1 heterocycles. The van der Waals surface area contributed by atoms with Gasteiger partial charge in [-0.1, -0.05) is 39.3 Å². The second-order valence-corrected chi connectivity index (χ2v) is 7.61. The molecule has 0 saturated carbocycles. The zero-order chi connectivity index (χ0) is 18.9. The lowest BCUT2D eigenvalue weighted by molar-refractivity contribution is 0.0969. The van der Waals surface area contributed by atoms with Gasteiger partial charge in [0, 0.05) is 31.5 Å². The van der Waals surface area contributed by atoms with Gasteiger partial charge in [0.1, 0.15) is 5.82 Å². The zero-order valence-corrected chi connectivity index (χ0v) is 16.4. The highest BCUT2D eigenvalue weighted by atomic mass is 19.1. The van der Waals surface area contributed by atoms with Crippen LogP contribution in [-0.2, 0) is 13.1 Å². The second-order valence-electron chi connectivity index (χ2n) is 7.61. The molecule has 2 rings (SSSR count). The van der Waals surface area contributed by atoms with Crippen molar-refractivity contribution in [2.24, 2.45) is 5.92 Å². The van der Waals surface area contributed by atoms with Crippen molar-refractivity contribution in [3.05, 3.63) is 59.7 Å². The van der Waals surface area contributed by atoms with Gasteiger partial charge < -0.3 is 9.67 Å². The van der Waals surface area contributed by atoms with Crippen LogP contribution in [0.15, 0.2) is 42.6 Å². The number of aromatic nitrogens is 1. The van der Waals surface area contributed by atoms with E-state index in [1.165, 1.54) is 17.8 Å². The first-order chi connectivity index (χ1) is 12.5. The quantitative estimate of drug-likeness (QED) is 0.630. The molecule has 2 aromatic rings. The maximum Gasteiger partial charge on any atom is 0.123 e. The molecule has 1 atom stereocenters. The highest BCUT2D eigenvalue weighted by molar-refractivity contribution is 5.18. The zero-order valence-electron chi connectivity index (χ0n) is 16.4. The van der Waals surface area contributed by atoms with E-state index >= 15 is 0 Å². The Hall–Kier alpha value is -1.65. The van der Waals surface area contributed by atoms with Crippen LogP contribution in [0.4, 0.5) is 4.39 Å². The molecule has 0 saturated heterocycles. The average Bonchev–Trinajstić information content (AvgIpc) is 3.01. The summed E-state index contributed by atoms with van der Waals surface area (Å²) in [7, 11) is 0. The van der Waals surface area contributed by atoms with Crippen LogP contribution in [-0.4, -0.2) is 33.8 Å². The van der Waals surface area contributed by atoms with Gasteiger partial charge in [-0.3, -0.25) is 4.90 Å². The summed E-state index contributed by atoms with van der Waals surface area (Å²) in [6.45, 7) is 9.83. The first-order valence-electron chi connectivity index (χ1n) is 9.76. The van der Waals surface area contributed by atoms with Crippen LogP contribution in [0.3, 0.4) is 0 Å². The Balaban J connectivity index is 2.04. The molecule has 3 nitrogen and oxygen atoms in total. The summed E-state index contributed by atoms with van der Waals surface area (Å²) >= 11 is 0. The Labute approximate surface area is 157 Å². The molecular formula is C22H33FN2O. The average molecular weight is 361 g/mol. The smallest absolute Gasteiger partial charge is 0.123 e. The summed E-state index contributed by atoms with van der Waals surface area (Å²) in [6, 6.07) is 10.9. The van der Waals surface area contributed by atoms with Crippen molar-refractivity contribution in [2.75, 3.05) is 13.1 Å². The molecule has 0 radical (unpaired) electrons. The predicted octanol–water partition coefficient (Wildman–Crippen LogP) is 4.68. The summed E-state index contributed by atoms with van der Waals surface area (Å²) in [6.07, 6.45) is 4.77. The number of hydrogen-bond donors (Lipinski definition) is 1. The van der Waals surface area contributed by atoms with E-state index in [0.29, 0.717) is 12.5 Å². The van der Waals surface area contributed by atoms with Crippen molar-refractivity contribution < 1.29 is 9.50 Å². The Morgan fingerprint density at radius 1 is 1.12 bits per heavy atom. The van der Waals surface area contributed by atoms with Crippen LogP contribution in [0.5, 0.6) is 0 Å². The maximum atomic E-state index is 13.1. The summed E-state index contributed by atoms with van der Waals surface area (Å²) in [5.74, 6) is 0.443. The lowest BCUT2D eigenvalue weighted by Crippen LogP contribution is -2.34. The van der Waals surface area contributed by atoms with E-state index in [1.807, 2.05) is 12.1 Å². The van der Waals surface area contributed by atoms with Gasteiger partial charge in [-0.05, 0) is 55.1 Å². The standard InChI is InChI=1S/C22H33FN2O/c1-4-6-22(26)17-24(14-12-18(2)3)16-21-7-5-13-25(21)15-19-8-10-20(23)11-9-19/h5,7-11,13,18,22,26H,4,6,12,14-17H2,1-3H3/t22-/m0/s1. The number of nitrogens with zero attached hydrogens (tertiary/aromatic N) is 2. The minimum Gasteiger partial charge on any atom is -0.392 e. The SMILES string of the molecule is CCC[C@H](O)CN(CCC(C)C)Cc1cccn1Cc1ccc(F)cc1. The predicted molar refractivity (Wildman–Crippen MR) is 106 cm³/mol. The first-order valence-corrected chi connectivity index (χ1v) is 9.76. The van der Waals surface area contributed by atoms with Gasteiger partial charge >= 0.3 is 0 Å². The van der Waals surface area contributed by atoms with E-state index in [4.69, 9.17) is 0 Å². The van der Waals surface area contributed by atoms with E-state index in [1.54, 1.807) is 0 Å². The van der Waals surface area contributed by atoms with Gasteiger partial charge in [0.15, 0.2) is 0 Å². The number of aliphatic hydroxyl groups is 1. The van der Waals surface area contributed by atoms with Crippen LogP contribution in [0, 0.1) is 11.7 Å². The van der Waals surface area contributed by atoms with E-state index in [9.17, 15) is 9.50 Å². The lowest BCUT2D eigenvalue weighted by Gasteiger charge is -2.26. The van der Waals surface area contributed by atoms with E-state index in [2.05, 4.69) is 48.6 Å². The molecule has 144 valence electrons. The third kappa shape index (κ3) is 6.93. The van der Waals surface area contributed by atoms with E-state index < -0.39 is 0 Å². The van der Waals surface area contributed by atoms with Crippen LogP contribution < -0.4 is 0 Å². The minimum absolute atomic E-state index is 0.203. The third-order valence-electron chi connectivity index (χ3n) is 4.69. The largest absolute Gasteiger partial charge is 0.392 e. The van der Waals surface area contributed by atoms with Crippen molar-refractivity contribution in [1.82, 2.24) is 9.47 Å². The number of rotatable bonds is 11. The van der Waals surface area contributed by atoms with Crippen molar-refractivity contribution in [2.45, 2.75) is 59.2 Å². The van der Waals surface area contributed by atoms with E-state index in [-0.39, 0.29) is 11.9 Å². The van der Waals surface area contributed by atoms with Crippen LogP contribution >= 0.6 is 0 Å². The van der Waals surface area contributed by atoms with Gasteiger partial charge in [0.05, 0.1) is 6.10 Å². The van der Waals surface area contributed by atoms with Gasteiger partial charge in [-0.15, -0.1) is 0 Å². The Bertz CT molecular complexity index is 636. The molecule has 0 aliphatic rings. The molecule has 0 bridgehead atoms. The molecule has 1 aromatic carbocycles. The van der Waals surface area contributed by atoms with Crippen molar-refractivity contribution in [3.63, 3.8) is 0 Å². The van der Waals surface area contributed by atoms with Crippen LogP contribution in [0.1, 0.15) is 51.3 Å². The molecule has 0 spiro atoms. The number of hydrogen-bond acceptors (Lipinski definition) is 2. The molecule has 26 heavy (non-hydrogen) atoms. The van der Waals surface area contributed by atoms with Crippen molar-refractivity contribution >= 4 is 0 Å². The third-order valence-corrected chi connectivity index (χ3v) is 4.69. The molecule has 0 aliphatic heterocycles. The molecule has 4 heteroatoms. The van der Waals surface area contributed by atoms with Crippen LogP contribution in [0.25, 0.3) is 0 Å². The highest BCUT2D eigenvalue weighted by Gasteiger charge is 2.14. The Kier molecular flexibility index (Phi) is 8.33. The fraction of sp³-hybridized carbons (Fsp3) is 0.545. The molecule has 0 amide bonds. The molecule has 0 aliphatic carbocycles. The van der Waals surface area contributed by atoms with Gasteiger partial charge in [-0.25, -0.2) is 4.39 Å². The highest BCUT2D eigenvalue weighted by Crippen LogP contribution is 2.14. The fourth-order valence-corrected chi connectivity index (χ4v) is 3.16. The normalized spacial score (nSPS) is 12.9. The topological polar surface area (TPSA) is 28.4 Å². The molecule has 0 unspecified atom stereocenters. The van der Waals surface area contributed by atoms with Gasteiger partial charge in [0.25, 0.3) is 0 Å². The maximum absolute atomic E-state index is 13.1. The van der Waals surface area contributed by atoms with Gasteiger partial charge in [0.2, 0.25) is 0 Å². The molecule has 1 N–H and O–H groups in total. The van der Waals surface area contributed by atoms with Gasteiger partial charge in [-0.2, -0.15) is 0 Å². The lowest BCUT2D eigenvalue weighted by atomic mass is 10.1. The summed E-state index contributed by atoms with van der Waals surface area (Å²) in [5, 5.41) is 10.3. The number of halogens is 1. The monoisotopic (exact) mass is 360 g/mol. The molecule has 1 aromatic heterocycles. The summed E-state index contributed by atoms with van der Waals surface area (Å²) < 4.78 is 15.3. The van der Waals surface area contributed by atoms with E-state index in [0.717, 1.165) is 44.5 Å². The Morgan fingerprint density at radius 2 is 1.85 bits per heavy atom. The molecule has 0 fully saturated rings. The Morgan fingerprint density at radius 3 is 2.50 bits per heavy atom. The van der Waals surface area contributed by atoms with Crippen molar-refractivity contribution in [1.29, 1.82) is 0 Å².